The fourth-order valence-electron chi connectivity index (χ4n) is 3.11. The monoisotopic (exact) mass is 421 g/mol. The Kier molecular flexibility index (Phi) is 7.71. The molecule has 2 rings (SSSR count). The van der Waals surface area contributed by atoms with Gasteiger partial charge >= 0.3 is 12.1 Å². The second-order valence-electron chi connectivity index (χ2n) is 9.70. The Bertz CT molecular complexity index is 752. The Morgan fingerprint density at radius 1 is 1.17 bits per heavy atom. The lowest BCUT2D eigenvalue weighted by Crippen LogP contribution is -2.48. The summed E-state index contributed by atoms with van der Waals surface area (Å²) in [4.78, 5) is 36.6. The number of piperidine rings is 1. The Hall–Kier alpha value is -2.32. The highest BCUT2D eigenvalue weighted by Crippen LogP contribution is 2.21. The van der Waals surface area contributed by atoms with Crippen molar-refractivity contribution in [3.63, 3.8) is 0 Å². The lowest BCUT2D eigenvalue weighted by Gasteiger charge is -2.33. The van der Waals surface area contributed by atoms with E-state index in [9.17, 15) is 9.59 Å². The molecule has 0 aromatic heterocycles. The zero-order valence-electron chi connectivity index (χ0n) is 18.9. The molecule has 1 saturated heterocycles. The minimum absolute atomic E-state index is 0.00292. The molecule has 8 nitrogen and oxygen atoms in total. The van der Waals surface area contributed by atoms with E-state index < -0.39 is 23.3 Å². The van der Waals surface area contributed by atoms with E-state index in [1.54, 1.807) is 39.0 Å². The number of carbonyl (C=O) groups is 2. The van der Waals surface area contributed by atoms with Gasteiger partial charge in [-0.3, -0.25) is 9.79 Å². The number of carbonyl (C=O) groups excluding carboxylic acids is 2. The third-order valence-corrected chi connectivity index (χ3v) is 4.37. The number of amides is 1. The topological polar surface area (TPSA) is 103 Å². The molecule has 0 spiro atoms. The predicted molar refractivity (Wildman–Crippen MR) is 115 cm³/mol. The number of anilines is 1. The van der Waals surface area contributed by atoms with Crippen LogP contribution < -0.4 is 11.1 Å². The first-order valence-corrected chi connectivity index (χ1v) is 10.3. The molecule has 0 aliphatic carbocycles. The average Bonchev–Trinajstić information content (AvgIpc) is 2.59. The molecule has 1 fully saturated rings. The van der Waals surface area contributed by atoms with Gasteiger partial charge in [0.05, 0.1) is 5.56 Å². The van der Waals surface area contributed by atoms with Gasteiger partial charge < -0.3 is 15.8 Å². The number of alkyl carbamates (subject to hydrolysis) is 1. The van der Waals surface area contributed by atoms with E-state index >= 15 is 0 Å². The summed E-state index contributed by atoms with van der Waals surface area (Å²) >= 11 is 0. The molecule has 8 heteroatoms. The van der Waals surface area contributed by atoms with Crippen LogP contribution >= 0.6 is 0 Å². The van der Waals surface area contributed by atoms with Crippen LogP contribution in [0.2, 0.25) is 0 Å². The first-order chi connectivity index (χ1) is 13.8. The number of hydrogen-bond donors (Lipinski definition) is 2. The quantitative estimate of drug-likeness (QED) is 0.425. The molecule has 1 aromatic rings. The van der Waals surface area contributed by atoms with Gasteiger partial charge in [0.1, 0.15) is 11.2 Å². The maximum absolute atomic E-state index is 12.3. The fourth-order valence-corrected chi connectivity index (χ4v) is 3.11. The summed E-state index contributed by atoms with van der Waals surface area (Å²) in [7, 11) is 0. The summed E-state index contributed by atoms with van der Waals surface area (Å²) in [5.41, 5.74) is 6.83. The van der Waals surface area contributed by atoms with Crippen LogP contribution in [0.3, 0.4) is 0 Å². The number of nitrogen functional groups attached to an aromatic ring is 1. The summed E-state index contributed by atoms with van der Waals surface area (Å²) in [5, 5.41) is 2.94. The molecule has 30 heavy (non-hydrogen) atoms. The highest BCUT2D eigenvalue weighted by Gasteiger charge is 2.25. The van der Waals surface area contributed by atoms with Crippen LogP contribution in [-0.4, -0.2) is 47.3 Å². The van der Waals surface area contributed by atoms with E-state index in [-0.39, 0.29) is 6.04 Å². The second kappa shape index (κ2) is 9.66. The van der Waals surface area contributed by atoms with Crippen LogP contribution in [0.15, 0.2) is 18.2 Å². The van der Waals surface area contributed by atoms with E-state index in [1.807, 2.05) is 20.8 Å². The highest BCUT2D eigenvalue weighted by molar-refractivity contribution is 5.89. The summed E-state index contributed by atoms with van der Waals surface area (Å²) in [5.74, 6) is -0.561. The van der Waals surface area contributed by atoms with E-state index in [0.29, 0.717) is 24.3 Å². The standard InChI is InChI=1S/C22H35N3O5/c1-21(2,3)28-20(27)24-17-8-7-11-25(14-17)13-16-12-15(9-10-18(16)23)19(26)29-30-22(4,5)6/h9-10,12,17H,7-8,11,13-14,23H2,1-6H3,(H,24,27). The number of ether oxygens (including phenoxy) is 1. The number of hydrogen-bond acceptors (Lipinski definition) is 7. The third kappa shape index (κ3) is 8.20. The van der Waals surface area contributed by atoms with Crippen LogP contribution in [0, 0.1) is 0 Å². The number of benzene rings is 1. The number of nitrogens with one attached hydrogen (secondary N) is 1. The van der Waals surface area contributed by atoms with E-state index in [0.717, 1.165) is 24.9 Å². The highest BCUT2D eigenvalue weighted by atomic mass is 17.2. The van der Waals surface area contributed by atoms with Crippen molar-refractivity contribution in [2.24, 2.45) is 0 Å². The molecule has 0 saturated carbocycles. The summed E-state index contributed by atoms with van der Waals surface area (Å²) in [6.45, 7) is 13.0. The van der Waals surface area contributed by atoms with Crippen LogP contribution in [0.1, 0.15) is 70.3 Å². The molecule has 0 bridgehead atoms. The smallest absolute Gasteiger partial charge is 0.407 e. The van der Waals surface area contributed by atoms with Crippen molar-refractivity contribution in [2.75, 3.05) is 18.8 Å². The number of rotatable bonds is 5. The van der Waals surface area contributed by atoms with Gasteiger partial charge in [-0.25, -0.2) is 9.59 Å². The summed E-state index contributed by atoms with van der Waals surface area (Å²) in [6, 6.07) is 5.05. The molecular formula is C22H35N3O5. The van der Waals surface area contributed by atoms with Crippen LogP contribution in [0.5, 0.6) is 0 Å². The van der Waals surface area contributed by atoms with Gasteiger partial charge in [-0.05, 0) is 84.7 Å². The van der Waals surface area contributed by atoms with Crippen molar-refractivity contribution < 1.29 is 24.1 Å². The molecule has 1 unspecified atom stereocenters. The first kappa shape index (κ1) is 24.0. The van der Waals surface area contributed by atoms with Crippen molar-refractivity contribution in [3.8, 4) is 0 Å². The summed E-state index contributed by atoms with van der Waals surface area (Å²) < 4.78 is 5.35. The average molecular weight is 422 g/mol. The molecule has 1 amide bonds. The van der Waals surface area contributed by atoms with Crippen molar-refractivity contribution in [2.45, 2.75) is 78.2 Å². The minimum atomic E-state index is -0.587. The third-order valence-electron chi connectivity index (χ3n) is 4.37. The van der Waals surface area contributed by atoms with Gasteiger partial charge in [-0.15, -0.1) is 0 Å². The zero-order chi connectivity index (χ0) is 22.5. The lowest BCUT2D eigenvalue weighted by atomic mass is 10.0. The SMILES string of the molecule is CC(C)(C)OOC(=O)c1ccc(N)c(CN2CCCC(NC(=O)OC(C)(C)C)C2)c1. The molecule has 1 aromatic carbocycles. The van der Waals surface area contributed by atoms with Crippen LogP contribution in [-0.2, 0) is 21.1 Å². The molecule has 1 aliphatic heterocycles. The van der Waals surface area contributed by atoms with E-state index in [2.05, 4.69) is 10.2 Å². The zero-order valence-corrected chi connectivity index (χ0v) is 18.9. The van der Waals surface area contributed by atoms with Gasteiger partial charge in [0.25, 0.3) is 0 Å². The Morgan fingerprint density at radius 2 is 1.87 bits per heavy atom. The Morgan fingerprint density at radius 3 is 2.50 bits per heavy atom. The molecular weight excluding hydrogens is 386 g/mol. The Labute approximate surface area is 179 Å². The fraction of sp³-hybridized carbons (Fsp3) is 0.636. The van der Waals surface area contributed by atoms with Crippen molar-refractivity contribution in [1.29, 1.82) is 0 Å². The van der Waals surface area contributed by atoms with Gasteiger partial charge in [0.15, 0.2) is 0 Å². The molecule has 1 heterocycles. The van der Waals surface area contributed by atoms with Crippen LogP contribution in [0.25, 0.3) is 0 Å². The molecule has 0 radical (unpaired) electrons. The Balaban J connectivity index is 1.98. The van der Waals surface area contributed by atoms with Gasteiger partial charge in [-0.2, -0.15) is 4.89 Å². The van der Waals surface area contributed by atoms with E-state index in [4.69, 9.17) is 20.2 Å². The lowest BCUT2D eigenvalue weighted by molar-refractivity contribution is -0.301. The maximum atomic E-state index is 12.3. The number of nitrogens with two attached hydrogens (primary N) is 1. The normalized spacial score (nSPS) is 18.0. The number of likely N-dealkylation sites (tertiary alicyclic amines) is 1. The molecule has 168 valence electrons. The van der Waals surface area contributed by atoms with E-state index in [1.165, 1.54) is 0 Å². The molecule has 1 atom stereocenters. The van der Waals surface area contributed by atoms with Crippen molar-refractivity contribution >= 4 is 17.7 Å². The van der Waals surface area contributed by atoms with Crippen molar-refractivity contribution in [1.82, 2.24) is 10.2 Å². The molecule has 1 aliphatic rings. The number of nitrogens with zero attached hydrogens (tertiary/aromatic N) is 1. The minimum Gasteiger partial charge on any atom is -0.444 e. The largest absolute Gasteiger partial charge is 0.444 e. The van der Waals surface area contributed by atoms with Gasteiger partial charge in [-0.1, -0.05) is 0 Å². The van der Waals surface area contributed by atoms with Gasteiger partial charge in [0, 0.05) is 24.8 Å². The van der Waals surface area contributed by atoms with Gasteiger partial charge in [0.2, 0.25) is 0 Å². The second-order valence-corrected chi connectivity index (χ2v) is 9.70. The van der Waals surface area contributed by atoms with Crippen LogP contribution in [0.4, 0.5) is 10.5 Å². The maximum Gasteiger partial charge on any atom is 0.407 e. The van der Waals surface area contributed by atoms with Crippen molar-refractivity contribution in [3.05, 3.63) is 29.3 Å². The summed E-state index contributed by atoms with van der Waals surface area (Å²) in [6.07, 6.45) is 1.43. The predicted octanol–water partition coefficient (Wildman–Crippen LogP) is 3.64. The first-order valence-electron chi connectivity index (χ1n) is 10.3. The molecule has 3 N–H and O–H groups in total.